The number of likely N-dealkylation sites (tertiary alicyclic amines) is 1. The molecule has 0 N–H and O–H groups in total. The van der Waals surface area contributed by atoms with Crippen molar-refractivity contribution in [2.75, 3.05) is 13.1 Å². The van der Waals surface area contributed by atoms with E-state index in [1.807, 2.05) is 47.4 Å². The fourth-order valence-corrected chi connectivity index (χ4v) is 3.61. The van der Waals surface area contributed by atoms with Gasteiger partial charge in [0, 0.05) is 30.6 Å². The van der Waals surface area contributed by atoms with Crippen molar-refractivity contribution < 1.29 is 13.7 Å². The fourth-order valence-electron chi connectivity index (χ4n) is 3.61. The lowest BCUT2D eigenvalue weighted by Gasteiger charge is -2.24. The molecule has 1 amide bonds. The summed E-state index contributed by atoms with van der Waals surface area (Å²) >= 11 is 0. The molecule has 1 unspecified atom stereocenters. The second-order valence-corrected chi connectivity index (χ2v) is 6.94. The minimum Gasteiger partial charge on any atom is -0.355 e. The lowest BCUT2D eigenvalue weighted by Crippen LogP contribution is -2.34. The maximum atomic E-state index is 13.2. The summed E-state index contributed by atoms with van der Waals surface area (Å²) in [6.45, 7) is 1.31. The largest absolute Gasteiger partial charge is 0.355 e. The van der Waals surface area contributed by atoms with Crippen LogP contribution in [0.4, 0.5) is 4.39 Å². The van der Waals surface area contributed by atoms with Gasteiger partial charge < -0.3 is 9.42 Å². The second kappa shape index (κ2) is 7.74. The van der Waals surface area contributed by atoms with E-state index in [0.717, 1.165) is 30.4 Å². The van der Waals surface area contributed by atoms with Crippen LogP contribution in [-0.2, 0) is 0 Å². The van der Waals surface area contributed by atoms with Gasteiger partial charge in [0.05, 0.1) is 0 Å². The maximum absolute atomic E-state index is 13.2. The molecule has 4 nitrogen and oxygen atoms in total. The third-order valence-corrected chi connectivity index (χ3v) is 5.09. The molecular weight excluding hydrogens is 343 g/mol. The Hall–Kier alpha value is -2.95. The van der Waals surface area contributed by atoms with E-state index in [9.17, 15) is 9.18 Å². The van der Waals surface area contributed by atoms with E-state index in [4.69, 9.17) is 4.52 Å². The first-order valence-corrected chi connectivity index (χ1v) is 9.27. The van der Waals surface area contributed by atoms with Gasteiger partial charge >= 0.3 is 0 Å². The molecule has 1 atom stereocenters. The van der Waals surface area contributed by atoms with Crippen molar-refractivity contribution in [3.05, 3.63) is 77.7 Å². The van der Waals surface area contributed by atoms with Gasteiger partial charge in [-0.25, -0.2) is 4.39 Å². The van der Waals surface area contributed by atoms with E-state index >= 15 is 0 Å². The number of halogens is 1. The standard InChI is InChI=1S/C22H21FN2O2/c23-19-11-9-16(10-12-19)18-8-4-5-13-25(15-18)22(26)20-14-21(27-24-20)17-6-2-1-3-7-17/h1-3,6-7,9-12,14,18H,4-5,8,13,15H2. The van der Waals surface area contributed by atoms with Crippen LogP contribution in [-0.4, -0.2) is 29.1 Å². The smallest absolute Gasteiger partial charge is 0.276 e. The second-order valence-electron chi connectivity index (χ2n) is 6.94. The van der Waals surface area contributed by atoms with E-state index in [2.05, 4.69) is 5.16 Å². The Labute approximate surface area is 157 Å². The monoisotopic (exact) mass is 364 g/mol. The summed E-state index contributed by atoms with van der Waals surface area (Å²) in [5.74, 6) is 0.438. The molecule has 0 saturated carbocycles. The first-order chi connectivity index (χ1) is 13.2. The Morgan fingerprint density at radius 2 is 1.85 bits per heavy atom. The van der Waals surface area contributed by atoms with Gasteiger partial charge in [-0.1, -0.05) is 54.0 Å². The van der Waals surface area contributed by atoms with Gasteiger partial charge in [0.25, 0.3) is 5.91 Å². The Morgan fingerprint density at radius 1 is 1.07 bits per heavy atom. The lowest BCUT2D eigenvalue weighted by atomic mass is 9.94. The van der Waals surface area contributed by atoms with Gasteiger partial charge in [-0.2, -0.15) is 0 Å². The summed E-state index contributed by atoms with van der Waals surface area (Å²) in [6.07, 6.45) is 2.98. The van der Waals surface area contributed by atoms with E-state index < -0.39 is 0 Å². The SMILES string of the molecule is O=C(c1cc(-c2ccccc2)on1)N1CCCCC(c2ccc(F)cc2)C1. The van der Waals surface area contributed by atoms with Crippen molar-refractivity contribution in [3.8, 4) is 11.3 Å². The zero-order chi connectivity index (χ0) is 18.6. The normalized spacial score (nSPS) is 17.5. The molecule has 1 saturated heterocycles. The average molecular weight is 364 g/mol. The van der Waals surface area contributed by atoms with Gasteiger partial charge in [-0.15, -0.1) is 0 Å². The third-order valence-electron chi connectivity index (χ3n) is 5.09. The number of carbonyl (C=O) groups is 1. The predicted octanol–water partition coefficient (Wildman–Crippen LogP) is 4.89. The highest BCUT2D eigenvalue weighted by Gasteiger charge is 2.26. The molecule has 27 heavy (non-hydrogen) atoms. The van der Waals surface area contributed by atoms with Crippen LogP contribution in [0.1, 0.15) is 41.2 Å². The molecule has 4 rings (SSSR count). The van der Waals surface area contributed by atoms with Crippen LogP contribution < -0.4 is 0 Å². The van der Waals surface area contributed by atoms with Gasteiger partial charge in [-0.05, 0) is 30.5 Å². The lowest BCUT2D eigenvalue weighted by molar-refractivity contribution is 0.0744. The number of aromatic nitrogens is 1. The quantitative estimate of drug-likeness (QED) is 0.665. The highest BCUT2D eigenvalue weighted by Crippen LogP contribution is 2.28. The van der Waals surface area contributed by atoms with Gasteiger partial charge in [-0.3, -0.25) is 4.79 Å². The van der Waals surface area contributed by atoms with Crippen LogP contribution in [0.25, 0.3) is 11.3 Å². The molecular formula is C22H21FN2O2. The predicted molar refractivity (Wildman–Crippen MR) is 101 cm³/mol. The molecule has 1 aliphatic heterocycles. The number of hydrogen-bond donors (Lipinski definition) is 0. The topological polar surface area (TPSA) is 46.3 Å². The molecule has 0 aliphatic carbocycles. The van der Waals surface area contributed by atoms with Crippen molar-refractivity contribution in [1.29, 1.82) is 0 Å². The summed E-state index contributed by atoms with van der Waals surface area (Å²) in [6, 6.07) is 17.9. The molecule has 2 aromatic carbocycles. The van der Waals surface area contributed by atoms with Crippen molar-refractivity contribution >= 4 is 5.91 Å². The van der Waals surface area contributed by atoms with E-state index in [0.29, 0.717) is 24.5 Å². The van der Waals surface area contributed by atoms with Gasteiger partial charge in [0.15, 0.2) is 11.5 Å². The van der Waals surface area contributed by atoms with Crippen LogP contribution in [0.3, 0.4) is 0 Å². The van der Waals surface area contributed by atoms with E-state index in [1.54, 1.807) is 6.07 Å². The Bertz CT molecular complexity index is 906. The molecule has 1 fully saturated rings. The van der Waals surface area contributed by atoms with Crippen LogP contribution in [0, 0.1) is 5.82 Å². The van der Waals surface area contributed by atoms with Crippen molar-refractivity contribution in [1.82, 2.24) is 10.1 Å². The zero-order valence-corrected chi connectivity index (χ0v) is 15.0. The highest BCUT2D eigenvalue weighted by atomic mass is 19.1. The molecule has 0 bridgehead atoms. The molecule has 2 heterocycles. The number of carbonyl (C=O) groups excluding carboxylic acids is 1. The van der Waals surface area contributed by atoms with Gasteiger partial charge in [0.2, 0.25) is 0 Å². The Kier molecular flexibility index (Phi) is 5.01. The van der Waals surface area contributed by atoms with E-state index in [1.165, 1.54) is 12.1 Å². The number of benzene rings is 2. The minimum absolute atomic E-state index is 0.116. The van der Waals surface area contributed by atoms with Crippen molar-refractivity contribution in [2.24, 2.45) is 0 Å². The molecule has 0 radical (unpaired) electrons. The van der Waals surface area contributed by atoms with Crippen molar-refractivity contribution in [2.45, 2.75) is 25.2 Å². The fraction of sp³-hybridized carbons (Fsp3) is 0.273. The van der Waals surface area contributed by atoms with Crippen molar-refractivity contribution in [3.63, 3.8) is 0 Å². The maximum Gasteiger partial charge on any atom is 0.276 e. The van der Waals surface area contributed by atoms with Gasteiger partial charge in [0.1, 0.15) is 5.82 Å². The minimum atomic E-state index is -0.239. The summed E-state index contributed by atoms with van der Waals surface area (Å²) < 4.78 is 18.6. The molecule has 5 heteroatoms. The number of nitrogens with zero attached hydrogens (tertiary/aromatic N) is 2. The average Bonchev–Trinajstić information content (AvgIpc) is 3.07. The Balaban J connectivity index is 1.52. The van der Waals surface area contributed by atoms with Crippen LogP contribution >= 0.6 is 0 Å². The van der Waals surface area contributed by atoms with Crippen LogP contribution in [0.5, 0.6) is 0 Å². The number of amides is 1. The first kappa shape index (κ1) is 17.5. The molecule has 1 aromatic heterocycles. The first-order valence-electron chi connectivity index (χ1n) is 9.27. The number of rotatable bonds is 3. The Morgan fingerprint density at radius 3 is 2.63 bits per heavy atom. The zero-order valence-electron chi connectivity index (χ0n) is 15.0. The summed E-state index contributed by atoms with van der Waals surface area (Å²) in [5, 5.41) is 3.99. The van der Waals surface area contributed by atoms with Crippen LogP contribution in [0.2, 0.25) is 0 Å². The molecule has 1 aliphatic rings. The molecule has 0 spiro atoms. The third kappa shape index (κ3) is 3.92. The highest BCUT2D eigenvalue weighted by molar-refractivity contribution is 5.93. The van der Waals surface area contributed by atoms with Crippen LogP contribution in [0.15, 0.2) is 65.2 Å². The summed E-state index contributed by atoms with van der Waals surface area (Å²) in [4.78, 5) is 14.8. The molecule has 3 aromatic rings. The molecule has 138 valence electrons. The summed E-state index contributed by atoms with van der Waals surface area (Å²) in [5.41, 5.74) is 2.29. The van der Waals surface area contributed by atoms with E-state index in [-0.39, 0.29) is 17.6 Å². The number of hydrogen-bond acceptors (Lipinski definition) is 3. The summed E-state index contributed by atoms with van der Waals surface area (Å²) in [7, 11) is 0.